The molecular weight excluding hydrogens is 358 g/mol. The van der Waals surface area contributed by atoms with Crippen LogP contribution in [0, 0.1) is 0 Å². The van der Waals surface area contributed by atoms with Crippen LogP contribution < -0.4 is 30.3 Å². The Kier molecular flexibility index (Phi) is 25.2. The Morgan fingerprint density at radius 3 is 1.25 bits per heavy atom. The van der Waals surface area contributed by atoms with E-state index in [9.17, 15) is 22.8 Å². The standard InChI is InChI=1S/C6H8O7.C2H7NO3S.4H3N/c7-3(8)1-6(13,5(11)12)2-4(9)10;3-1-2-7(4,5)6;;;;/h13H,1-2H2,(H,7,8)(H,9,10)(H,11,12);1-3H2,(H,4,5,6);4*1H3. The van der Waals surface area contributed by atoms with Crippen molar-refractivity contribution in [2.75, 3.05) is 12.3 Å². The average Bonchev–Trinajstić information content (AvgIpc) is 2.12. The van der Waals surface area contributed by atoms with Crippen molar-refractivity contribution < 1.29 is 47.8 Å². The van der Waals surface area contributed by atoms with Crippen molar-refractivity contribution in [1.29, 1.82) is 0 Å². The third-order valence-electron chi connectivity index (χ3n) is 1.66. The van der Waals surface area contributed by atoms with Crippen molar-refractivity contribution in [3.05, 3.63) is 0 Å². The highest BCUT2D eigenvalue weighted by Gasteiger charge is 2.40. The van der Waals surface area contributed by atoms with Gasteiger partial charge in [0.1, 0.15) is 0 Å². The minimum atomic E-state index is -3.80. The molecule has 0 aromatic heterocycles. The summed E-state index contributed by atoms with van der Waals surface area (Å²) in [4.78, 5) is 30.5. The minimum Gasteiger partial charge on any atom is -0.481 e. The minimum absolute atomic E-state index is 0. The van der Waals surface area contributed by atoms with Crippen LogP contribution >= 0.6 is 0 Å². The van der Waals surface area contributed by atoms with E-state index in [1.54, 1.807) is 0 Å². The monoisotopic (exact) mass is 385 g/mol. The first-order valence-electron chi connectivity index (χ1n) is 4.88. The van der Waals surface area contributed by atoms with Crippen LogP contribution in [0.1, 0.15) is 12.8 Å². The van der Waals surface area contributed by atoms with Gasteiger partial charge in [-0.25, -0.2) is 4.79 Å². The van der Waals surface area contributed by atoms with Crippen molar-refractivity contribution in [3.8, 4) is 0 Å². The summed E-state index contributed by atoms with van der Waals surface area (Å²) in [6, 6.07) is 0. The fourth-order valence-electron chi connectivity index (χ4n) is 0.863. The lowest BCUT2D eigenvalue weighted by molar-refractivity contribution is -0.170. The second-order valence-electron chi connectivity index (χ2n) is 3.55. The number of nitrogens with two attached hydrogens (primary N) is 1. The summed E-state index contributed by atoms with van der Waals surface area (Å²) in [5, 5.41) is 33.8. The molecule has 0 unspecified atom stereocenters. The molecule has 19 N–H and O–H groups in total. The molecule has 0 aromatic rings. The Morgan fingerprint density at radius 1 is 0.875 bits per heavy atom. The first kappa shape index (κ1) is 37.9. The van der Waals surface area contributed by atoms with Gasteiger partial charge >= 0.3 is 17.9 Å². The Hall–Kier alpha value is -1.92. The molecule has 0 fully saturated rings. The summed E-state index contributed by atoms with van der Waals surface area (Å²) in [5.74, 6) is -5.37. The zero-order valence-electron chi connectivity index (χ0n) is 12.9. The maximum absolute atomic E-state index is 10.3. The van der Waals surface area contributed by atoms with Gasteiger partial charge < -0.3 is 50.8 Å². The fraction of sp³-hybridized carbons (Fsp3) is 0.625. The number of carboxylic acids is 3. The van der Waals surface area contributed by atoms with E-state index in [-0.39, 0.29) is 36.9 Å². The zero-order valence-corrected chi connectivity index (χ0v) is 13.7. The molecule has 16 heteroatoms. The molecule has 0 aliphatic heterocycles. The highest BCUT2D eigenvalue weighted by molar-refractivity contribution is 7.85. The number of aliphatic hydroxyl groups is 1. The average molecular weight is 385 g/mol. The van der Waals surface area contributed by atoms with Crippen LogP contribution in [0.2, 0.25) is 0 Å². The van der Waals surface area contributed by atoms with Crippen molar-refractivity contribution >= 4 is 28.0 Å². The quantitative estimate of drug-likeness (QED) is 0.216. The number of rotatable bonds is 7. The maximum Gasteiger partial charge on any atom is 0.336 e. The van der Waals surface area contributed by atoms with Gasteiger partial charge in [0.2, 0.25) is 0 Å². The zero-order chi connectivity index (χ0) is 16.6. The van der Waals surface area contributed by atoms with E-state index >= 15 is 0 Å². The van der Waals surface area contributed by atoms with E-state index in [0.29, 0.717) is 0 Å². The van der Waals surface area contributed by atoms with Crippen molar-refractivity contribution in [2.24, 2.45) is 5.73 Å². The molecule has 0 radical (unpaired) electrons. The Labute approximate surface area is 137 Å². The molecule has 0 amide bonds. The Bertz CT molecular complexity index is 452. The van der Waals surface area contributed by atoms with E-state index in [2.05, 4.69) is 0 Å². The van der Waals surface area contributed by atoms with Gasteiger partial charge in [0.25, 0.3) is 10.1 Å². The first-order valence-corrected chi connectivity index (χ1v) is 6.49. The maximum atomic E-state index is 10.3. The third-order valence-corrected chi connectivity index (χ3v) is 2.41. The van der Waals surface area contributed by atoms with Crippen molar-refractivity contribution in [1.82, 2.24) is 24.6 Å². The van der Waals surface area contributed by atoms with E-state index in [4.69, 9.17) is 30.7 Å². The normalized spacial score (nSPS) is 9.29. The molecular formula is C8H27N5O10S. The van der Waals surface area contributed by atoms with Crippen LogP contribution in [0.5, 0.6) is 0 Å². The van der Waals surface area contributed by atoms with Gasteiger partial charge in [-0.3, -0.25) is 14.1 Å². The first-order chi connectivity index (χ1) is 8.84. The van der Waals surface area contributed by atoms with Gasteiger partial charge in [0.15, 0.2) is 5.60 Å². The van der Waals surface area contributed by atoms with E-state index < -0.39 is 46.5 Å². The van der Waals surface area contributed by atoms with E-state index in [1.165, 1.54) is 0 Å². The number of aliphatic carboxylic acids is 3. The highest BCUT2D eigenvalue weighted by Crippen LogP contribution is 2.15. The molecule has 0 aromatic carbocycles. The fourth-order valence-corrected chi connectivity index (χ4v) is 1.16. The molecule has 0 saturated heterocycles. The molecule has 24 heavy (non-hydrogen) atoms. The van der Waals surface area contributed by atoms with Crippen LogP contribution in [0.3, 0.4) is 0 Å². The predicted molar refractivity (Wildman–Crippen MR) is 82.6 cm³/mol. The lowest BCUT2D eigenvalue weighted by Crippen LogP contribution is -2.42. The number of hydrogen-bond acceptors (Lipinski definition) is 11. The molecule has 0 saturated carbocycles. The van der Waals surface area contributed by atoms with Gasteiger partial charge in [-0.15, -0.1) is 0 Å². The summed E-state index contributed by atoms with van der Waals surface area (Å²) >= 11 is 0. The molecule has 0 spiro atoms. The van der Waals surface area contributed by atoms with E-state index in [1.807, 2.05) is 0 Å². The number of hydrogen-bond donors (Lipinski definition) is 10. The smallest absolute Gasteiger partial charge is 0.336 e. The predicted octanol–water partition coefficient (Wildman–Crippen LogP) is -1.77. The highest BCUT2D eigenvalue weighted by atomic mass is 32.2. The summed E-state index contributed by atoms with van der Waals surface area (Å²) in [5.41, 5.74) is 2.04. The second kappa shape index (κ2) is 16.0. The topological polar surface area (TPSA) is 353 Å². The van der Waals surface area contributed by atoms with E-state index in [0.717, 1.165) is 0 Å². The van der Waals surface area contributed by atoms with Crippen LogP contribution in [-0.4, -0.2) is 69.2 Å². The lowest BCUT2D eigenvalue weighted by atomic mass is 9.96. The Balaban J connectivity index is -0.0000000650. The molecule has 0 aliphatic carbocycles. The Morgan fingerprint density at radius 2 is 1.17 bits per heavy atom. The van der Waals surface area contributed by atoms with Gasteiger partial charge in [-0.1, -0.05) is 0 Å². The summed E-state index contributed by atoms with van der Waals surface area (Å²) in [7, 11) is -3.80. The van der Waals surface area contributed by atoms with Crippen molar-refractivity contribution in [2.45, 2.75) is 18.4 Å². The lowest BCUT2D eigenvalue weighted by Gasteiger charge is -2.18. The van der Waals surface area contributed by atoms with Crippen LogP contribution in [-0.2, 0) is 24.5 Å². The van der Waals surface area contributed by atoms with Crippen LogP contribution in [0.25, 0.3) is 0 Å². The van der Waals surface area contributed by atoms with Gasteiger partial charge in [-0.2, -0.15) is 8.42 Å². The number of carboxylic acid groups (broad SMARTS) is 3. The third kappa shape index (κ3) is 22.4. The summed E-state index contributed by atoms with van der Waals surface area (Å²) in [6.45, 7) is -0.0289. The van der Waals surface area contributed by atoms with Gasteiger partial charge in [-0.05, 0) is 0 Å². The SMILES string of the molecule is N.N.N.N.NCCS(=O)(=O)O.O=C(O)CC(O)(CC(=O)O)C(=O)O. The molecule has 15 nitrogen and oxygen atoms in total. The molecule has 0 atom stereocenters. The van der Waals surface area contributed by atoms with Crippen LogP contribution in [0.4, 0.5) is 0 Å². The summed E-state index contributed by atoms with van der Waals surface area (Å²) < 4.78 is 27.3. The van der Waals surface area contributed by atoms with Crippen LogP contribution in [0.15, 0.2) is 0 Å². The van der Waals surface area contributed by atoms with Crippen molar-refractivity contribution in [3.63, 3.8) is 0 Å². The van der Waals surface area contributed by atoms with Gasteiger partial charge in [0, 0.05) is 6.54 Å². The number of carbonyl (C=O) groups is 3. The molecule has 0 heterocycles. The van der Waals surface area contributed by atoms with Gasteiger partial charge in [0.05, 0.1) is 18.6 Å². The molecule has 150 valence electrons. The molecule has 0 bridgehead atoms. The second-order valence-corrected chi connectivity index (χ2v) is 5.12. The molecule has 0 aliphatic rings. The molecule has 0 rings (SSSR count). The largest absolute Gasteiger partial charge is 0.481 e. The summed E-state index contributed by atoms with van der Waals surface area (Å²) in [6.07, 6.45) is -2.29.